The van der Waals surface area contributed by atoms with Crippen molar-refractivity contribution in [2.24, 2.45) is 5.41 Å². The average Bonchev–Trinajstić information content (AvgIpc) is 3.20. The molecule has 0 radical (unpaired) electrons. The van der Waals surface area contributed by atoms with Gasteiger partial charge in [0.1, 0.15) is 16.7 Å². The van der Waals surface area contributed by atoms with Crippen LogP contribution in [0.5, 0.6) is 5.75 Å². The second-order valence-corrected chi connectivity index (χ2v) is 12.4. The molecule has 10 nitrogen and oxygen atoms in total. The molecule has 2 aromatic rings. The van der Waals surface area contributed by atoms with Crippen LogP contribution in [-0.2, 0) is 21.3 Å². The lowest BCUT2D eigenvalue weighted by Gasteiger charge is -2.38. The van der Waals surface area contributed by atoms with Crippen LogP contribution in [0, 0.1) is 23.7 Å². The molecule has 1 amide bonds. The van der Waals surface area contributed by atoms with Gasteiger partial charge in [-0.3, -0.25) is 14.3 Å². The van der Waals surface area contributed by atoms with E-state index in [1.54, 1.807) is 20.8 Å². The molecule has 0 saturated heterocycles. The van der Waals surface area contributed by atoms with Crippen molar-refractivity contribution in [2.75, 3.05) is 16.2 Å². The topological polar surface area (TPSA) is 127 Å². The molecule has 0 fully saturated rings. The maximum absolute atomic E-state index is 13.9. The first kappa shape index (κ1) is 30.4. The first-order valence-corrected chi connectivity index (χ1v) is 13.7. The summed E-state index contributed by atoms with van der Waals surface area (Å²) in [6.07, 6.45) is -5.45. The van der Waals surface area contributed by atoms with Crippen molar-refractivity contribution >= 4 is 39.1 Å². The van der Waals surface area contributed by atoms with Crippen LogP contribution in [0.15, 0.2) is 23.2 Å². The fraction of sp³-hybridized carbons (Fsp3) is 0.542. The Balaban J connectivity index is 2.08. The monoisotopic (exact) mass is 591 g/mol. The molecule has 1 N–H and O–H groups in total. The van der Waals surface area contributed by atoms with Crippen molar-refractivity contribution < 1.29 is 35.9 Å². The number of aryl methyl sites for hydroxylation is 1. The number of hydrogen-bond donors (Lipinski definition) is 1. The number of anilines is 2. The molecule has 15 heteroatoms. The number of alkyl halides is 3. The Labute approximate surface area is 229 Å². The van der Waals surface area contributed by atoms with Crippen LogP contribution in [0.3, 0.4) is 0 Å². The van der Waals surface area contributed by atoms with E-state index in [2.05, 4.69) is 21.2 Å². The number of ether oxygens (including phenoxy) is 2. The summed E-state index contributed by atoms with van der Waals surface area (Å²) in [6.45, 7) is 8.19. The third-order valence-electron chi connectivity index (χ3n) is 6.19. The number of aromatic nitrogens is 2. The summed E-state index contributed by atoms with van der Waals surface area (Å²) in [7, 11) is -4.34. The molecular formula is C24H29ClF3N5O5S. The van der Waals surface area contributed by atoms with Gasteiger partial charge in [0.2, 0.25) is 5.60 Å². The molecule has 1 aliphatic rings. The van der Waals surface area contributed by atoms with Gasteiger partial charge in [0.15, 0.2) is 5.15 Å². The number of benzene rings is 1. The van der Waals surface area contributed by atoms with E-state index in [9.17, 15) is 31.6 Å². The van der Waals surface area contributed by atoms with Gasteiger partial charge < -0.3 is 9.47 Å². The van der Waals surface area contributed by atoms with Crippen LogP contribution in [0.1, 0.15) is 46.6 Å². The average molecular weight is 592 g/mol. The lowest BCUT2D eigenvalue weighted by Crippen LogP contribution is -2.45. The highest BCUT2D eigenvalue weighted by Gasteiger charge is 2.51. The maximum Gasteiger partial charge on any atom is 0.427 e. The van der Waals surface area contributed by atoms with E-state index < -0.39 is 39.4 Å². The normalized spacial score (nSPS) is 16.2. The third kappa shape index (κ3) is 6.19. The number of nitrogens with zero attached hydrogens (tertiary/aromatic N) is 4. The van der Waals surface area contributed by atoms with Crippen molar-refractivity contribution in [3.63, 3.8) is 0 Å². The largest absolute Gasteiger partial charge is 0.486 e. The van der Waals surface area contributed by atoms with Gasteiger partial charge in [-0.1, -0.05) is 11.6 Å². The van der Waals surface area contributed by atoms with Gasteiger partial charge in [-0.15, -0.1) is 0 Å². The lowest BCUT2D eigenvalue weighted by atomic mass is 9.88. The minimum absolute atomic E-state index is 0.00618. The van der Waals surface area contributed by atoms with Crippen LogP contribution in [0.25, 0.3) is 0 Å². The molecule has 0 saturated carbocycles. The first-order valence-electron chi connectivity index (χ1n) is 11.9. The predicted octanol–water partition coefficient (Wildman–Crippen LogP) is 5.65. The van der Waals surface area contributed by atoms with Crippen LogP contribution in [0.2, 0.25) is 5.15 Å². The van der Waals surface area contributed by atoms with E-state index in [0.717, 1.165) is 4.31 Å². The van der Waals surface area contributed by atoms with Gasteiger partial charge in [0.25, 0.3) is 10.0 Å². The molecule has 1 aromatic heterocycles. The summed E-state index contributed by atoms with van der Waals surface area (Å²) >= 11 is 6.18. The van der Waals surface area contributed by atoms with Crippen LogP contribution >= 0.6 is 11.6 Å². The third-order valence-corrected chi connectivity index (χ3v) is 8.35. The van der Waals surface area contributed by atoms with E-state index in [4.69, 9.17) is 16.3 Å². The Morgan fingerprint density at radius 2 is 1.95 bits per heavy atom. The fourth-order valence-electron chi connectivity index (χ4n) is 3.91. The molecule has 1 atom stereocenters. The van der Waals surface area contributed by atoms with E-state index >= 15 is 0 Å². The Bertz CT molecular complexity index is 1420. The predicted molar refractivity (Wildman–Crippen MR) is 137 cm³/mol. The van der Waals surface area contributed by atoms with Crippen LogP contribution in [-0.4, -0.2) is 48.7 Å². The maximum atomic E-state index is 13.9. The number of amides is 1. The van der Waals surface area contributed by atoms with Gasteiger partial charge in [-0.2, -0.15) is 23.5 Å². The number of hydrogen-bond acceptors (Lipinski definition) is 7. The van der Waals surface area contributed by atoms with Crippen molar-refractivity contribution in [2.45, 2.75) is 77.3 Å². The zero-order chi connectivity index (χ0) is 29.6. The molecule has 2 heterocycles. The zero-order valence-corrected chi connectivity index (χ0v) is 23.8. The molecule has 39 heavy (non-hydrogen) atoms. The Kier molecular flexibility index (Phi) is 8.11. The van der Waals surface area contributed by atoms with Crippen molar-refractivity contribution in [1.29, 1.82) is 5.26 Å². The Morgan fingerprint density at radius 3 is 2.49 bits per heavy atom. The molecule has 0 bridgehead atoms. The van der Waals surface area contributed by atoms with Crippen molar-refractivity contribution in [3.8, 4) is 11.8 Å². The molecule has 0 aliphatic carbocycles. The second-order valence-electron chi connectivity index (χ2n) is 10.2. The van der Waals surface area contributed by atoms with Gasteiger partial charge in [0, 0.05) is 30.4 Å². The smallest absolute Gasteiger partial charge is 0.427 e. The van der Waals surface area contributed by atoms with E-state index in [0.29, 0.717) is 20.4 Å². The molecule has 214 valence electrons. The number of rotatable bonds is 7. The molecule has 0 unspecified atom stereocenters. The van der Waals surface area contributed by atoms with Gasteiger partial charge in [0.05, 0.1) is 23.7 Å². The fourth-order valence-corrected chi connectivity index (χ4v) is 5.92. The molecular weight excluding hydrogens is 563 g/mol. The van der Waals surface area contributed by atoms with Gasteiger partial charge >= 0.3 is 12.3 Å². The summed E-state index contributed by atoms with van der Waals surface area (Å²) in [5.41, 5.74) is -3.36. The minimum atomic E-state index is -4.82. The summed E-state index contributed by atoms with van der Waals surface area (Å²) in [5, 5.41) is 15.5. The van der Waals surface area contributed by atoms with E-state index in [1.807, 2.05) is 0 Å². The highest BCUT2D eigenvalue weighted by Crippen LogP contribution is 2.44. The van der Waals surface area contributed by atoms with Crippen LogP contribution < -0.4 is 14.4 Å². The van der Waals surface area contributed by atoms with Crippen molar-refractivity contribution in [1.82, 2.24) is 9.78 Å². The molecule has 0 spiro atoms. The Morgan fingerprint density at radius 1 is 1.31 bits per heavy atom. The standard InChI is InChI=1S/C24H29ClF3N5O5S/c1-7-32-12-18(20(25)31-32)39(35,36)33-11-15(10-22(3,4)13-29)37-17-9-8-16(14(2)19(17)33)30-21(34)38-23(5,6)24(26,27)28/h8-9,12,15H,7,10-11H2,1-6H3,(H,30,34)/t15-/m0/s1. The van der Waals surface area contributed by atoms with Gasteiger partial charge in [-0.05, 0) is 53.7 Å². The number of fused-ring (bicyclic) bond motifs is 1. The first-order chi connectivity index (χ1) is 17.8. The lowest BCUT2D eigenvalue weighted by molar-refractivity contribution is -0.242. The highest BCUT2D eigenvalue weighted by molar-refractivity contribution is 7.93. The Hall–Kier alpha value is -3.18. The summed E-state index contributed by atoms with van der Waals surface area (Å²) < 4.78 is 80.4. The molecule has 1 aromatic carbocycles. The molecule has 1 aliphatic heterocycles. The second kappa shape index (κ2) is 10.4. The molecule has 3 rings (SSSR count). The number of nitrogens with one attached hydrogen (secondary N) is 1. The van der Waals surface area contributed by atoms with Crippen LogP contribution in [0.4, 0.5) is 29.3 Å². The SMILES string of the molecule is CCn1cc(S(=O)(=O)N2C[C@H](CC(C)(C)C#N)Oc3ccc(NC(=O)OC(C)(C)C(F)(F)F)c(C)c32)c(Cl)n1. The summed E-state index contributed by atoms with van der Waals surface area (Å²) in [5.74, 6) is 0.134. The van der Waals surface area contributed by atoms with Crippen molar-refractivity contribution in [3.05, 3.63) is 29.0 Å². The number of nitriles is 1. The minimum Gasteiger partial charge on any atom is -0.486 e. The van der Waals surface area contributed by atoms with E-state index in [1.165, 1.54) is 29.9 Å². The van der Waals surface area contributed by atoms with Gasteiger partial charge in [-0.25, -0.2) is 13.2 Å². The number of carbonyl (C=O) groups excluding carboxylic acids is 1. The highest BCUT2D eigenvalue weighted by atomic mass is 35.5. The number of sulfonamides is 1. The van der Waals surface area contributed by atoms with E-state index in [-0.39, 0.29) is 45.7 Å². The number of halogens is 4. The zero-order valence-electron chi connectivity index (χ0n) is 22.2. The quantitative estimate of drug-likeness (QED) is 0.441. The summed E-state index contributed by atoms with van der Waals surface area (Å²) in [4.78, 5) is 12.1. The summed E-state index contributed by atoms with van der Waals surface area (Å²) in [6, 6.07) is 4.91. The number of carbonyl (C=O) groups is 1.